The van der Waals surface area contributed by atoms with E-state index in [9.17, 15) is 24.1 Å². The van der Waals surface area contributed by atoms with Crippen LogP contribution in [-0.4, -0.2) is 23.5 Å². The van der Waals surface area contributed by atoms with E-state index < -0.39 is 33.9 Å². The number of halogens is 2. The molecule has 2 aromatic carbocycles. The summed E-state index contributed by atoms with van der Waals surface area (Å²) in [6, 6.07) is 6.62. The maximum absolute atomic E-state index is 13.8. The number of non-ortho nitro benzene ring substituents is 1. The second-order valence-corrected chi connectivity index (χ2v) is 5.05. The highest BCUT2D eigenvalue weighted by atomic mass is 35.5. The summed E-state index contributed by atoms with van der Waals surface area (Å²) in [7, 11) is 0. The van der Waals surface area contributed by atoms with Crippen LogP contribution in [0.3, 0.4) is 0 Å². The lowest BCUT2D eigenvalue weighted by Crippen LogP contribution is -2.15. The molecular weight excluding hydrogens is 357 g/mol. The minimum atomic E-state index is -1.15. The Kier molecular flexibility index (Phi) is 5.66. The number of nitrogens with zero attached hydrogens (tertiary/aromatic N) is 1. The molecule has 130 valence electrons. The fourth-order valence-electron chi connectivity index (χ4n) is 1.93. The van der Waals surface area contributed by atoms with Crippen LogP contribution in [0.15, 0.2) is 36.4 Å². The highest BCUT2D eigenvalue weighted by Crippen LogP contribution is 2.27. The van der Waals surface area contributed by atoms with Crippen LogP contribution in [-0.2, 0) is 4.74 Å². The van der Waals surface area contributed by atoms with Gasteiger partial charge in [0.05, 0.1) is 16.6 Å². The molecule has 2 aromatic rings. The molecule has 2 rings (SSSR count). The lowest BCUT2D eigenvalue weighted by molar-refractivity contribution is -0.384. The molecule has 9 heteroatoms. The zero-order valence-electron chi connectivity index (χ0n) is 12.8. The van der Waals surface area contributed by atoms with E-state index >= 15 is 0 Å². The van der Waals surface area contributed by atoms with Crippen molar-refractivity contribution in [2.24, 2.45) is 0 Å². The van der Waals surface area contributed by atoms with Crippen LogP contribution < -0.4 is 4.74 Å². The number of nitro benzene ring substituents is 1. The molecule has 7 nitrogen and oxygen atoms in total. The van der Waals surface area contributed by atoms with Gasteiger partial charge in [0.25, 0.3) is 5.69 Å². The van der Waals surface area contributed by atoms with Crippen LogP contribution in [0.25, 0.3) is 0 Å². The molecule has 0 spiro atoms. The van der Waals surface area contributed by atoms with Gasteiger partial charge in [-0.05, 0) is 25.1 Å². The van der Waals surface area contributed by atoms with E-state index in [1.165, 1.54) is 12.1 Å². The van der Waals surface area contributed by atoms with E-state index in [0.29, 0.717) is 0 Å². The summed E-state index contributed by atoms with van der Waals surface area (Å²) in [6.45, 7) is 1.55. The van der Waals surface area contributed by atoms with Gasteiger partial charge in [-0.25, -0.2) is 14.0 Å². The molecule has 0 saturated carbocycles. The number of rotatable bonds is 5. The molecule has 0 amide bonds. The van der Waals surface area contributed by atoms with Crippen molar-refractivity contribution in [1.29, 1.82) is 0 Å². The van der Waals surface area contributed by atoms with E-state index in [2.05, 4.69) is 0 Å². The molecule has 0 aromatic heterocycles. The van der Waals surface area contributed by atoms with Gasteiger partial charge >= 0.3 is 11.9 Å². The van der Waals surface area contributed by atoms with E-state index in [-0.39, 0.29) is 22.9 Å². The third kappa shape index (κ3) is 4.10. The van der Waals surface area contributed by atoms with Crippen molar-refractivity contribution in [1.82, 2.24) is 0 Å². The van der Waals surface area contributed by atoms with E-state index in [1.807, 2.05) is 0 Å². The number of nitro groups is 1. The summed E-state index contributed by atoms with van der Waals surface area (Å²) >= 11 is 5.79. The minimum absolute atomic E-state index is 0.00799. The van der Waals surface area contributed by atoms with E-state index in [4.69, 9.17) is 21.1 Å². The molecule has 0 fully saturated rings. The Hall–Kier alpha value is -3.00. The number of hydrogen-bond donors (Lipinski definition) is 0. The van der Waals surface area contributed by atoms with Gasteiger partial charge in [-0.2, -0.15) is 0 Å². The van der Waals surface area contributed by atoms with Crippen LogP contribution in [0.5, 0.6) is 5.75 Å². The number of carbonyl (C=O) groups excluding carboxylic acids is 2. The van der Waals surface area contributed by atoms with Crippen LogP contribution in [0.1, 0.15) is 27.6 Å². The quantitative estimate of drug-likeness (QED) is 0.345. The third-order valence-electron chi connectivity index (χ3n) is 3.04. The molecule has 0 aliphatic heterocycles. The topological polar surface area (TPSA) is 95.7 Å². The van der Waals surface area contributed by atoms with E-state index in [0.717, 1.165) is 24.3 Å². The number of ether oxygens (including phenoxy) is 2. The van der Waals surface area contributed by atoms with Crippen LogP contribution in [0.2, 0.25) is 5.02 Å². The van der Waals surface area contributed by atoms with Gasteiger partial charge in [0.1, 0.15) is 22.7 Å². The average Bonchev–Trinajstić information content (AvgIpc) is 2.55. The third-order valence-corrected chi connectivity index (χ3v) is 3.35. The largest absolute Gasteiger partial charge is 0.462 e. The summed E-state index contributed by atoms with van der Waals surface area (Å²) in [5.74, 6) is -3.29. The first kappa shape index (κ1) is 18.3. The molecule has 0 aliphatic rings. The number of hydrogen-bond acceptors (Lipinski definition) is 6. The number of esters is 2. The summed E-state index contributed by atoms with van der Waals surface area (Å²) in [6.07, 6.45) is 0. The second kappa shape index (κ2) is 7.71. The molecule has 0 unspecified atom stereocenters. The second-order valence-electron chi connectivity index (χ2n) is 4.64. The maximum atomic E-state index is 13.8. The van der Waals surface area contributed by atoms with Crippen LogP contribution >= 0.6 is 11.6 Å². The van der Waals surface area contributed by atoms with E-state index in [1.54, 1.807) is 6.92 Å². The first-order valence-corrected chi connectivity index (χ1v) is 7.34. The van der Waals surface area contributed by atoms with Crippen molar-refractivity contribution in [2.45, 2.75) is 6.92 Å². The highest BCUT2D eigenvalue weighted by molar-refractivity contribution is 6.33. The molecule has 0 saturated heterocycles. The molecular formula is C16H11ClFNO6. The Bertz CT molecular complexity index is 834. The molecule has 0 bridgehead atoms. The molecule has 0 radical (unpaired) electrons. The van der Waals surface area contributed by atoms with Gasteiger partial charge in [-0.1, -0.05) is 17.7 Å². The predicted octanol–water partition coefficient (Wildman–Crippen LogP) is 3.78. The average molecular weight is 368 g/mol. The highest BCUT2D eigenvalue weighted by Gasteiger charge is 2.24. The monoisotopic (exact) mass is 367 g/mol. The van der Waals surface area contributed by atoms with Crippen molar-refractivity contribution >= 4 is 29.2 Å². The van der Waals surface area contributed by atoms with Gasteiger partial charge in [-0.15, -0.1) is 0 Å². The molecule has 0 heterocycles. The molecule has 0 atom stereocenters. The van der Waals surface area contributed by atoms with Gasteiger partial charge < -0.3 is 9.47 Å². The normalized spacial score (nSPS) is 10.2. The molecule has 25 heavy (non-hydrogen) atoms. The summed E-state index contributed by atoms with van der Waals surface area (Å²) < 4.78 is 23.6. The Labute approximate surface area is 146 Å². The fourth-order valence-corrected chi connectivity index (χ4v) is 2.17. The Morgan fingerprint density at radius 1 is 1.24 bits per heavy atom. The van der Waals surface area contributed by atoms with Crippen molar-refractivity contribution < 1.29 is 28.4 Å². The van der Waals surface area contributed by atoms with Gasteiger partial charge in [-0.3, -0.25) is 10.1 Å². The zero-order valence-corrected chi connectivity index (χ0v) is 13.6. The summed E-state index contributed by atoms with van der Waals surface area (Å²) in [5.41, 5.74) is -1.25. The molecule has 0 N–H and O–H groups in total. The van der Waals surface area contributed by atoms with Crippen LogP contribution in [0, 0.1) is 15.9 Å². The van der Waals surface area contributed by atoms with Crippen LogP contribution in [0.4, 0.5) is 10.1 Å². The Morgan fingerprint density at radius 2 is 1.96 bits per heavy atom. The van der Waals surface area contributed by atoms with Gasteiger partial charge in [0.2, 0.25) is 0 Å². The van der Waals surface area contributed by atoms with Gasteiger partial charge in [0.15, 0.2) is 0 Å². The lowest BCUT2D eigenvalue weighted by Gasteiger charge is -2.10. The maximum Gasteiger partial charge on any atom is 0.348 e. The standard InChI is InChI=1S/C16H11ClFNO6/c1-2-24-15(20)10-8-9(19(22)23)6-7-13(10)25-16(21)14-11(17)4-3-5-12(14)18/h3-8H,2H2,1H3. The van der Waals surface area contributed by atoms with Crippen molar-refractivity contribution in [2.75, 3.05) is 6.61 Å². The van der Waals surface area contributed by atoms with Crippen molar-refractivity contribution in [3.63, 3.8) is 0 Å². The summed E-state index contributed by atoms with van der Waals surface area (Å²) in [4.78, 5) is 34.3. The number of benzene rings is 2. The molecule has 0 aliphatic carbocycles. The summed E-state index contributed by atoms with van der Waals surface area (Å²) in [5, 5.41) is 10.7. The Morgan fingerprint density at radius 3 is 2.56 bits per heavy atom. The first-order valence-electron chi connectivity index (χ1n) is 6.97. The fraction of sp³-hybridized carbons (Fsp3) is 0.125. The number of carbonyl (C=O) groups is 2. The van der Waals surface area contributed by atoms with Crippen molar-refractivity contribution in [3.8, 4) is 5.75 Å². The zero-order chi connectivity index (χ0) is 18.6. The smallest absolute Gasteiger partial charge is 0.348 e. The first-order chi connectivity index (χ1) is 11.8. The minimum Gasteiger partial charge on any atom is -0.462 e. The SMILES string of the molecule is CCOC(=O)c1cc([N+](=O)[O-])ccc1OC(=O)c1c(F)cccc1Cl. The van der Waals surface area contributed by atoms with Gasteiger partial charge in [0, 0.05) is 12.1 Å². The predicted molar refractivity (Wildman–Crippen MR) is 85.4 cm³/mol. The Balaban J connectivity index is 2.43. The van der Waals surface area contributed by atoms with Crippen molar-refractivity contribution in [3.05, 3.63) is 68.5 Å². The lowest BCUT2D eigenvalue weighted by atomic mass is 10.1.